The minimum atomic E-state index is -0.972. The molecule has 0 aliphatic carbocycles. The molecule has 1 aliphatic heterocycles. The Morgan fingerprint density at radius 2 is 2.24 bits per heavy atom. The molecule has 1 atom stereocenters. The highest BCUT2D eigenvalue weighted by molar-refractivity contribution is 5.93. The molecule has 1 aromatic heterocycles. The number of para-hydroxylation sites is 1. The van der Waals surface area contributed by atoms with Gasteiger partial charge in [0.05, 0.1) is 24.5 Å². The van der Waals surface area contributed by atoms with E-state index in [4.69, 9.17) is 9.15 Å². The van der Waals surface area contributed by atoms with Crippen LogP contribution in [0.1, 0.15) is 35.5 Å². The number of hydrogen-bond acceptors (Lipinski definition) is 4. The maximum absolute atomic E-state index is 11.3. The Morgan fingerprint density at radius 1 is 1.38 bits per heavy atom. The average Bonchev–Trinajstić information content (AvgIpc) is 3.01. The maximum atomic E-state index is 11.3. The molecule has 0 spiro atoms. The molecule has 1 aromatic carbocycles. The van der Waals surface area contributed by atoms with Crippen LogP contribution in [-0.2, 0) is 0 Å². The molecule has 2 aromatic rings. The summed E-state index contributed by atoms with van der Waals surface area (Å²) in [6, 6.07) is 9.10. The molecule has 0 fully saturated rings. The third kappa shape index (κ3) is 2.35. The molecular weight excluding hydrogens is 270 g/mol. The molecule has 0 saturated carbocycles. The molecule has 5 nitrogen and oxygen atoms in total. The van der Waals surface area contributed by atoms with E-state index in [0.29, 0.717) is 18.9 Å². The van der Waals surface area contributed by atoms with Crippen molar-refractivity contribution in [3.8, 4) is 5.75 Å². The topological polar surface area (TPSA) is 62.9 Å². The number of hydrogen-bond donors (Lipinski definition) is 1. The Labute approximate surface area is 122 Å². The Hall–Kier alpha value is -2.43. The number of rotatable bonds is 4. The monoisotopic (exact) mass is 287 g/mol. The fourth-order valence-corrected chi connectivity index (χ4v) is 2.82. The van der Waals surface area contributed by atoms with Gasteiger partial charge in [-0.25, -0.2) is 4.79 Å². The molecule has 0 saturated heterocycles. The number of carbonyl (C=O) groups is 1. The van der Waals surface area contributed by atoms with Crippen molar-refractivity contribution in [3.63, 3.8) is 0 Å². The van der Waals surface area contributed by atoms with Crippen molar-refractivity contribution in [1.29, 1.82) is 0 Å². The lowest BCUT2D eigenvalue weighted by atomic mass is 10.1. The van der Waals surface area contributed by atoms with E-state index < -0.39 is 5.97 Å². The smallest absolute Gasteiger partial charge is 0.339 e. The van der Waals surface area contributed by atoms with Crippen LogP contribution >= 0.6 is 0 Å². The molecule has 0 bridgehead atoms. The van der Waals surface area contributed by atoms with Gasteiger partial charge < -0.3 is 19.2 Å². The van der Waals surface area contributed by atoms with Crippen LogP contribution < -0.4 is 9.64 Å². The van der Waals surface area contributed by atoms with E-state index in [0.717, 1.165) is 17.9 Å². The minimum absolute atomic E-state index is 0.0756. The number of furan rings is 1. The fraction of sp³-hybridized carbons (Fsp3) is 0.312. The number of aromatic carboxylic acids is 1. The van der Waals surface area contributed by atoms with E-state index >= 15 is 0 Å². The van der Waals surface area contributed by atoms with Crippen LogP contribution in [0.4, 0.5) is 5.69 Å². The first kappa shape index (κ1) is 13.5. The molecule has 110 valence electrons. The summed E-state index contributed by atoms with van der Waals surface area (Å²) in [7, 11) is 0. The molecule has 0 radical (unpaired) electrons. The lowest BCUT2D eigenvalue weighted by Crippen LogP contribution is -2.36. The quantitative estimate of drug-likeness (QED) is 0.934. The fourth-order valence-electron chi connectivity index (χ4n) is 2.82. The number of nitrogens with zero attached hydrogens (tertiary/aromatic N) is 1. The predicted molar refractivity (Wildman–Crippen MR) is 78.0 cm³/mol. The third-order valence-electron chi connectivity index (χ3n) is 3.75. The summed E-state index contributed by atoms with van der Waals surface area (Å²) in [6.07, 6.45) is 2.53. The highest BCUT2D eigenvalue weighted by Crippen LogP contribution is 2.40. The van der Waals surface area contributed by atoms with Crippen LogP contribution in [0.2, 0.25) is 0 Å². The highest BCUT2D eigenvalue weighted by Gasteiger charge is 2.29. The van der Waals surface area contributed by atoms with Crippen LogP contribution in [0.15, 0.2) is 41.0 Å². The SMILES string of the molecule is CCC(c1ccco1)N1CCOc2c(C(=O)O)cccc21. The average molecular weight is 287 g/mol. The summed E-state index contributed by atoms with van der Waals surface area (Å²) in [4.78, 5) is 13.5. The van der Waals surface area contributed by atoms with E-state index in [2.05, 4.69) is 11.8 Å². The molecule has 3 rings (SSSR count). The van der Waals surface area contributed by atoms with Gasteiger partial charge in [0.25, 0.3) is 0 Å². The lowest BCUT2D eigenvalue weighted by molar-refractivity contribution is 0.0692. The molecule has 0 amide bonds. The van der Waals surface area contributed by atoms with Crippen molar-refractivity contribution in [2.75, 3.05) is 18.1 Å². The second-order valence-electron chi connectivity index (χ2n) is 4.94. The van der Waals surface area contributed by atoms with Crippen LogP contribution in [0.3, 0.4) is 0 Å². The van der Waals surface area contributed by atoms with Gasteiger partial charge >= 0.3 is 5.97 Å². The second-order valence-corrected chi connectivity index (χ2v) is 4.94. The van der Waals surface area contributed by atoms with E-state index in [1.54, 1.807) is 18.4 Å². The summed E-state index contributed by atoms with van der Waals surface area (Å²) >= 11 is 0. The molecular formula is C16H17NO4. The van der Waals surface area contributed by atoms with E-state index in [1.807, 2.05) is 18.2 Å². The Balaban J connectivity index is 2.04. The summed E-state index contributed by atoms with van der Waals surface area (Å²) in [5.41, 5.74) is 1.01. The summed E-state index contributed by atoms with van der Waals surface area (Å²) in [5, 5.41) is 9.29. The highest BCUT2D eigenvalue weighted by atomic mass is 16.5. The van der Waals surface area contributed by atoms with Gasteiger partial charge in [0.1, 0.15) is 17.9 Å². The summed E-state index contributed by atoms with van der Waals surface area (Å²) in [6.45, 7) is 3.26. The minimum Gasteiger partial charge on any atom is -0.489 e. The van der Waals surface area contributed by atoms with Crippen molar-refractivity contribution < 1.29 is 19.1 Å². The second kappa shape index (κ2) is 5.52. The zero-order valence-corrected chi connectivity index (χ0v) is 11.8. The third-order valence-corrected chi connectivity index (χ3v) is 3.75. The van der Waals surface area contributed by atoms with Crippen LogP contribution in [0.5, 0.6) is 5.75 Å². The number of fused-ring (bicyclic) bond motifs is 1. The van der Waals surface area contributed by atoms with Gasteiger partial charge in [0.2, 0.25) is 0 Å². The van der Waals surface area contributed by atoms with E-state index in [-0.39, 0.29) is 11.6 Å². The van der Waals surface area contributed by atoms with Crippen molar-refractivity contribution in [2.24, 2.45) is 0 Å². The van der Waals surface area contributed by atoms with Crippen LogP contribution in [0, 0.1) is 0 Å². The lowest BCUT2D eigenvalue weighted by Gasteiger charge is -2.36. The van der Waals surface area contributed by atoms with Gasteiger partial charge in [0, 0.05) is 0 Å². The van der Waals surface area contributed by atoms with Crippen LogP contribution in [-0.4, -0.2) is 24.2 Å². The predicted octanol–water partition coefficient (Wildman–Crippen LogP) is 3.33. The Kier molecular flexibility index (Phi) is 3.56. The first-order valence-electron chi connectivity index (χ1n) is 7.01. The molecule has 2 heterocycles. The Morgan fingerprint density at radius 3 is 2.90 bits per heavy atom. The summed E-state index contributed by atoms with van der Waals surface area (Å²) < 4.78 is 11.1. The Bertz CT molecular complexity index is 636. The standard InChI is InChI=1S/C16H17NO4/c1-2-12(14-7-4-9-20-14)17-8-10-21-15-11(16(18)19)5-3-6-13(15)17/h3-7,9,12H,2,8,10H2,1H3,(H,18,19). The summed E-state index contributed by atoms with van der Waals surface area (Å²) in [5.74, 6) is 0.354. The van der Waals surface area contributed by atoms with Crippen molar-refractivity contribution >= 4 is 11.7 Å². The zero-order chi connectivity index (χ0) is 14.8. The van der Waals surface area contributed by atoms with Gasteiger partial charge in [-0.05, 0) is 30.7 Å². The molecule has 1 N–H and O–H groups in total. The normalized spacial score (nSPS) is 15.2. The molecule has 1 unspecified atom stereocenters. The largest absolute Gasteiger partial charge is 0.489 e. The van der Waals surface area contributed by atoms with Gasteiger partial charge in [-0.2, -0.15) is 0 Å². The van der Waals surface area contributed by atoms with Gasteiger partial charge in [-0.3, -0.25) is 0 Å². The van der Waals surface area contributed by atoms with Gasteiger partial charge in [-0.1, -0.05) is 13.0 Å². The first-order chi connectivity index (χ1) is 10.2. The number of ether oxygens (including phenoxy) is 1. The number of anilines is 1. The number of benzene rings is 1. The van der Waals surface area contributed by atoms with Crippen molar-refractivity contribution in [3.05, 3.63) is 47.9 Å². The van der Waals surface area contributed by atoms with Crippen molar-refractivity contribution in [1.82, 2.24) is 0 Å². The van der Waals surface area contributed by atoms with Crippen LogP contribution in [0.25, 0.3) is 0 Å². The van der Waals surface area contributed by atoms with Crippen molar-refractivity contribution in [2.45, 2.75) is 19.4 Å². The van der Waals surface area contributed by atoms with E-state index in [1.165, 1.54) is 0 Å². The maximum Gasteiger partial charge on any atom is 0.339 e. The molecule has 5 heteroatoms. The van der Waals surface area contributed by atoms with Gasteiger partial charge in [0.15, 0.2) is 5.75 Å². The number of carboxylic acids is 1. The zero-order valence-electron chi connectivity index (χ0n) is 11.8. The van der Waals surface area contributed by atoms with E-state index in [9.17, 15) is 9.90 Å². The van der Waals surface area contributed by atoms with Gasteiger partial charge in [-0.15, -0.1) is 0 Å². The first-order valence-corrected chi connectivity index (χ1v) is 7.01. The molecule has 1 aliphatic rings. The molecule has 21 heavy (non-hydrogen) atoms. The number of carboxylic acid groups (broad SMARTS) is 1.